The molecule has 0 bridgehead atoms. The molecule has 1 aromatic carbocycles. The van der Waals surface area contributed by atoms with Crippen molar-refractivity contribution in [1.82, 2.24) is 20.2 Å². The van der Waals surface area contributed by atoms with Gasteiger partial charge in [-0.15, -0.1) is 11.3 Å². The summed E-state index contributed by atoms with van der Waals surface area (Å²) in [5, 5.41) is 11.6. The summed E-state index contributed by atoms with van der Waals surface area (Å²) in [5.74, 6) is 2.54. The number of aromatic nitrogens is 2. The minimum absolute atomic E-state index is 0.226. The van der Waals surface area contributed by atoms with Gasteiger partial charge >= 0.3 is 0 Å². The van der Waals surface area contributed by atoms with Crippen LogP contribution in [0.1, 0.15) is 23.8 Å². The maximum atomic E-state index is 7.92. The number of nitrogens with one attached hydrogen (secondary N) is 2. The van der Waals surface area contributed by atoms with Crippen molar-refractivity contribution in [2.24, 2.45) is 4.99 Å². The maximum Gasteiger partial charge on any atom is 0.162 e. The highest BCUT2D eigenvalue weighted by Crippen LogP contribution is 2.36. The fourth-order valence-corrected chi connectivity index (χ4v) is 6.18. The molecular formula is C28H34N8O2S. The molecule has 2 aromatic heterocycles. The number of benzene rings is 1. The second-order valence-electron chi connectivity index (χ2n) is 10.2. The molecule has 0 aliphatic carbocycles. The third-order valence-electron chi connectivity index (χ3n) is 7.43. The Morgan fingerprint density at radius 1 is 1.10 bits per heavy atom. The molecule has 0 amide bonds. The summed E-state index contributed by atoms with van der Waals surface area (Å²) in [5.41, 5.74) is 8.80. The molecule has 0 radical (unpaired) electrons. The summed E-state index contributed by atoms with van der Waals surface area (Å²) in [6, 6.07) is 7.76. The number of rotatable bonds is 7. The molecule has 4 N–H and O–H groups in total. The van der Waals surface area contributed by atoms with E-state index in [9.17, 15) is 0 Å². The van der Waals surface area contributed by atoms with E-state index in [1.807, 2.05) is 18.3 Å². The number of nitrogens with zero attached hydrogens (tertiary/aromatic N) is 5. The van der Waals surface area contributed by atoms with Gasteiger partial charge in [-0.25, -0.2) is 15.0 Å². The number of nitrogen functional groups attached to an aromatic ring is 1. The SMILES string of the molecule is CC1(NCc2cc3nc(-c4cccc(N)c4C=N)nc(N4CCOCC4)c3s2)C=NC(N2CCOCC2)=CC1. The van der Waals surface area contributed by atoms with Gasteiger partial charge in [0, 0.05) is 66.8 Å². The minimum Gasteiger partial charge on any atom is -0.398 e. The molecule has 3 aromatic rings. The molecule has 1 atom stereocenters. The number of thiophene rings is 1. The van der Waals surface area contributed by atoms with E-state index in [2.05, 4.69) is 34.2 Å². The highest BCUT2D eigenvalue weighted by Gasteiger charge is 2.27. The Labute approximate surface area is 232 Å². The van der Waals surface area contributed by atoms with Crippen molar-refractivity contribution in [3.63, 3.8) is 0 Å². The molecule has 6 rings (SSSR count). The van der Waals surface area contributed by atoms with Gasteiger partial charge in [-0.05, 0) is 31.6 Å². The summed E-state index contributed by atoms with van der Waals surface area (Å²) >= 11 is 1.72. The van der Waals surface area contributed by atoms with E-state index in [1.54, 1.807) is 17.4 Å². The molecule has 0 spiro atoms. The largest absolute Gasteiger partial charge is 0.398 e. The third-order valence-corrected chi connectivity index (χ3v) is 8.55. The molecule has 2 fully saturated rings. The van der Waals surface area contributed by atoms with Crippen molar-refractivity contribution >= 4 is 45.5 Å². The Morgan fingerprint density at radius 2 is 1.85 bits per heavy atom. The highest BCUT2D eigenvalue weighted by molar-refractivity contribution is 7.19. The summed E-state index contributed by atoms with van der Waals surface area (Å²) in [6.45, 7) is 9.07. The Hall–Kier alpha value is -3.38. The van der Waals surface area contributed by atoms with Crippen LogP contribution >= 0.6 is 11.3 Å². The summed E-state index contributed by atoms with van der Waals surface area (Å²) in [6.07, 6.45) is 6.42. The van der Waals surface area contributed by atoms with Gasteiger partial charge in [0.2, 0.25) is 0 Å². The van der Waals surface area contributed by atoms with Crippen LogP contribution in [0, 0.1) is 5.41 Å². The van der Waals surface area contributed by atoms with Gasteiger partial charge in [-0.3, -0.25) is 0 Å². The third kappa shape index (κ3) is 5.40. The van der Waals surface area contributed by atoms with Crippen molar-refractivity contribution < 1.29 is 9.47 Å². The van der Waals surface area contributed by atoms with Crippen LogP contribution in [0.2, 0.25) is 0 Å². The number of anilines is 2. The Kier molecular flexibility index (Phi) is 7.30. The van der Waals surface area contributed by atoms with Crippen molar-refractivity contribution in [3.8, 4) is 11.4 Å². The normalized spacial score (nSPS) is 21.8. The topological polar surface area (TPSA) is 125 Å². The predicted octanol–water partition coefficient (Wildman–Crippen LogP) is 3.27. The van der Waals surface area contributed by atoms with E-state index in [4.69, 9.17) is 35.6 Å². The Balaban J connectivity index is 1.27. The molecule has 5 heterocycles. The monoisotopic (exact) mass is 546 g/mol. The first-order valence-corrected chi connectivity index (χ1v) is 14.2. The molecular weight excluding hydrogens is 512 g/mol. The van der Waals surface area contributed by atoms with Crippen molar-refractivity contribution in [3.05, 3.63) is 46.6 Å². The van der Waals surface area contributed by atoms with Gasteiger partial charge in [-0.2, -0.15) is 0 Å². The number of aliphatic imine (C=N–C) groups is 1. The molecule has 204 valence electrons. The second kappa shape index (κ2) is 11.0. The van der Waals surface area contributed by atoms with E-state index in [-0.39, 0.29) is 5.54 Å². The van der Waals surface area contributed by atoms with Crippen molar-refractivity contribution in [2.75, 3.05) is 63.2 Å². The maximum absolute atomic E-state index is 7.92. The van der Waals surface area contributed by atoms with E-state index >= 15 is 0 Å². The lowest BCUT2D eigenvalue weighted by atomic mass is 9.97. The van der Waals surface area contributed by atoms with Gasteiger partial charge in [-0.1, -0.05) is 12.1 Å². The van der Waals surface area contributed by atoms with Crippen LogP contribution in [-0.2, 0) is 16.0 Å². The van der Waals surface area contributed by atoms with Crippen LogP contribution in [0.3, 0.4) is 0 Å². The average Bonchev–Trinajstić information content (AvgIpc) is 3.40. The average molecular weight is 547 g/mol. The lowest BCUT2D eigenvalue weighted by Gasteiger charge is -2.34. The molecule has 1 unspecified atom stereocenters. The quantitative estimate of drug-likeness (QED) is 0.305. The Bertz CT molecular complexity index is 1420. The number of ether oxygens (including phenoxy) is 2. The van der Waals surface area contributed by atoms with Gasteiger partial charge in [0.25, 0.3) is 0 Å². The summed E-state index contributed by atoms with van der Waals surface area (Å²) < 4.78 is 12.1. The number of fused-ring (bicyclic) bond motifs is 1. The van der Waals surface area contributed by atoms with E-state index < -0.39 is 0 Å². The zero-order chi connectivity index (χ0) is 26.8. The van der Waals surface area contributed by atoms with E-state index in [0.717, 1.165) is 73.2 Å². The first kappa shape index (κ1) is 25.9. The number of hydrogen-bond donors (Lipinski definition) is 3. The van der Waals surface area contributed by atoms with E-state index in [0.29, 0.717) is 36.8 Å². The minimum atomic E-state index is -0.226. The molecule has 3 aliphatic rings. The standard InChI is InChI=1S/C28H34N8O2S/c1-28(6-5-24(31-18-28)35-7-11-37-12-8-35)32-17-19-15-23-25(39-19)27(36-9-13-38-14-10-36)34-26(33-23)20-3-2-4-22(30)21(20)16-29/h2-5,15-16,18,29,32H,6-14,17,30H2,1H3. The fourth-order valence-electron chi connectivity index (χ4n) is 5.13. The second-order valence-corrected chi connectivity index (χ2v) is 11.4. The highest BCUT2D eigenvalue weighted by atomic mass is 32.1. The molecule has 10 nitrogen and oxygen atoms in total. The van der Waals surface area contributed by atoms with Crippen molar-refractivity contribution in [1.29, 1.82) is 5.41 Å². The number of nitrogens with two attached hydrogens (primary N) is 1. The fraction of sp³-hybridized carbons (Fsp3) is 0.429. The van der Waals surface area contributed by atoms with Crippen LogP contribution in [0.5, 0.6) is 0 Å². The van der Waals surface area contributed by atoms with Crippen LogP contribution in [0.4, 0.5) is 11.5 Å². The predicted molar refractivity (Wildman–Crippen MR) is 157 cm³/mol. The number of morpholine rings is 2. The lowest BCUT2D eigenvalue weighted by molar-refractivity contribution is 0.0527. The van der Waals surface area contributed by atoms with E-state index in [1.165, 1.54) is 11.1 Å². The molecule has 0 saturated carbocycles. The van der Waals surface area contributed by atoms with Crippen LogP contribution < -0.4 is 16.0 Å². The zero-order valence-electron chi connectivity index (χ0n) is 22.2. The van der Waals surface area contributed by atoms with Gasteiger partial charge in [0.05, 0.1) is 42.2 Å². The van der Waals surface area contributed by atoms with Gasteiger partial charge in [0.1, 0.15) is 5.82 Å². The Morgan fingerprint density at radius 3 is 2.54 bits per heavy atom. The number of hydrogen-bond acceptors (Lipinski definition) is 11. The summed E-state index contributed by atoms with van der Waals surface area (Å²) in [4.78, 5) is 20.5. The first-order valence-electron chi connectivity index (χ1n) is 13.4. The van der Waals surface area contributed by atoms with Gasteiger partial charge in [0.15, 0.2) is 11.6 Å². The van der Waals surface area contributed by atoms with Crippen molar-refractivity contribution in [2.45, 2.75) is 25.4 Å². The summed E-state index contributed by atoms with van der Waals surface area (Å²) in [7, 11) is 0. The molecule has 11 heteroatoms. The lowest BCUT2D eigenvalue weighted by Crippen LogP contribution is -2.45. The zero-order valence-corrected chi connectivity index (χ0v) is 23.0. The van der Waals surface area contributed by atoms with Crippen LogP contribution in [0.25, 0.3) is 21.6 Å². The van der Waals surface area contributed by atoms with Crippen LogP contribution in [0.15, 0.2) is 41.2 Å². The van der Waals surface area contributed by atoms with Gasteiger partial charge < -0.3 is 35.7 Å². The van der Waals surface area contributed by atoms with Crippen LogP contribution in [-0.4, -0.2) is 85.4 Å². The molecule has 3 aliphatic heterocycles. The molecule has 39 heavy (non-hydrogen) atoms. The smallest absolute Gasteiger partial charge is 0.162 e. The first-order chi connectivity index (χ1) is 19.0. The molecule has 2 saturated heterocycles.